The molecule has 3 aliphatic heterocycles. The Labute approximate surface area is 205 Å². The van der Waals surface area contributed by atoms with E-state index in [1.54, 1.807) is 17.0 Å². The number of H-pyrrole nitrogens is 1. The van der Waals surface area contributed by atoms with Gasteiger partial charge in [0.05, 0.1) is 16.9 Å². The molecule has 1 amide bonds. The molecule has 0 radical (unpaired) electrons. The molecule has 2 aromatic rings. The molecule has 1 aromatic carbocycles. The SMILES string of the molecule is O=C(c1cc(Cc2n[nH]c(=O)c3c2NCCC3)ccc1F)N1CCN(CCN2CCCCC2)CC1. The van der Waals surface area contributed by atoms with Crippen molar-refractivity contribution in [3.05, 3.63) is 56.8 Å². The maximum absolute atomic E-state index is 14.7. The van der Waals surface area contributed by atoms with Crippen LogP contribution in [0.25, 0.3) is 0 Å². The summed E-state index contributed by atoms with van der Waals surface area (Å²) in [5, 5.41) is 10.1. The molecule has 8 nitrogen and oxygen atoms in total. The van der Waals surface area contributed by atoms with Gasteiger partial charge < -0.3 is 15.1 Å². The van der Waals surface area contributed by atoms with Gasteiger partial charge in [-0.15, -0.1) is 0 Å². The van der Waals surface area contributed by atoms with E-state index in [9.17, 15) is 14.0 Å². The standard InChI is InChI=1S/C26H35FN6O2/c27-22-7-6-19(18-23-24-20(5-4-8-28-24)25(34)30-29-23)17-21(22)26(35)33-15-13-32(14-16-33)12-11-31-9-2-1-3-10-31/h6-7,17,28H,1-5,8-16,18H2,(H,30,34). The van der Waals surface area contributed by atoms with Crippen molar-refractivity contribution in [3.8, 4) is 0 Å². The first-order valence-electron chi connectivity index (χ1n) is 13.0. The van der Waals surface area contributed by atoms with Crippen LogP contribution < -0.4 is 10.9 Å². The number of carbonyl (C=O) groups excluding carboxylic acids is 1. The molecule has 188 valence electrons. The lowest BCUT2D eigenvalue weighted by atomic mass is 9.99. The van der Waals surface area contributed by atoms with E-state index in [-0.39, 0.29) is 17.0 Å². The van der Waals surface area contributed by atoms with Gasteiger partial charge in [0, 0.05) is 57.8 Å². The van der Waals surface area contributed by atoms with E-state index in [4.69, 9.17) is 0 Å². The maximum atomic E-state index is 14.7. The number of aromatic nitrogens is 2. The molecule has 0 bridgehead atoms. The van der Waals surface area contributed by atoms with Gasteiger partial charge in [-0.3, -0.25) is 14.5 Å². The van der Waals surface area contributed by atoms with Gasteiger partial charge in [-0.2, -0.15) is 5.10 Å². The Morgan fingerprint density at radius 3 is 2.49 bits per heavy atom. The van der Waals surface area contributed by atoms with Crippen molar-refractivity contribution < 1.29 is 9.18 Å². The second-order valence-electron chi connectivity index (χ2n) is 9.91. The molecular weight excluding hydrogens is 447 g/mol. The summed E-state index contributed by atoms with van der Waals surface area (Å²) >= 11 is 0. The molecule has 2 saturated heterocycles. The fraction of sp³-hybridized carbons (Fsp3) is 0.577. The molecule has 3 aliphatic rings. The highest BCUT2D eigenvalue weighted by molar-refractivity contribution is 5.94. The number of hydrogen-bond acceptors (Lipinski definition) is 6. The summed E-state index contributed by atoms with van der Waals surface area (Å²) < 4.78 is 14.7. The molecule has 4 heterocycles. The Morgan fingerprint density at radius 2 is 1.71 bits per heavy atom. The number of carbonyl (C=O) groups is 1. The zero-order valence-corrected chi connectivity index (χ0v) is 20.3. The first-order valence-corrected chi connectivity index (χ1v) is 13.0. The minimum absolute atomic E-state index is 0.107. The molecule has 0 spiro atoms. The Morgan fingerprint density at radius 1 is 0.971 bits per heavy atom. The number of nitrogens with zero attached hydrogens (tertiary/aromatic N) is 4. The second-order valence-corrected chi connectivity index (χ2v) is 9.91. The highest BCUT2D eigenvalue weighted by Gasteiger charge is 2.25. The van der Waals surface area contributed by atoms with Gasteiger partial charge in [0.25, 0.3) is 11.5 Å². The molecule has 35 heavy (non-hydrogen) atoms. The summed E-state index contributed by atoms with van der Waals surface area (Å²) in [7, 11) is 0. The third-order valence-corrected chi connectivity index (χ3v) is 7.54. The highest BCUT2D eigenvalue weighted by atomic mass is 19.1. The number of aromatic amines is 1. The number of amides is 1. The second kappa shape index (κ2) is 10.9. The van der Waals surface area contributed by atoms with Crippen LogP contribution in [0.15, 0.2) is 23.0 Å². The van der Waals surface area contributed by atoms with Gasteiger partial charge in [-0.1, -0.05) is 12.5 Å². The molecule has 9 heteroatoms. The molecule has 0 atom stereocenters. The fourth-order valence-electron chi connectivity index (χ4n) is 5.43. The van der Waals surface area contributed by atoms with E-state index in [0.29, 0.717) is 31.6 Å². The third-order valence-electron chi connectivity index (χ3n) is 7.54. The zero-order chi connectivity index (χ0) is 24.2. The molecule has 5 rings (SSSR count). The smallest absolute Gasteiger partial charge is 0.269 e. The largest absolute Gasteiger partial charge is 0.383 e. The number of likely N-dealkylation sites (tertiary alicyclic amines) is 1. The Balaban J connectivity index is 1.21. The van der Waals surface area contributed by atoms with Crippen LogP contribution in [0.5, 0.6) is 0 Å². The third kappa shape index (κ3) is 5.56. The van der Waals surface area contributed by atoms with E-state index >= 15 is 0 Å². The predicted octanol–water partition coefficient (Wildman–Crippen LogP) is 2.10. The Kier molecular flexibility index (Phi) is 7.43. The van der Waals surface area contributed by atoms with Crippen LogP contribution >= 0.6 is 0 Å². The zero-order valence-electron chi connectivity index (χ0n) is 20.3. The fourth-order valence-corrected chi connectivity index (χ4v) is 5.43. The van der Waals surface area contributed by atoms with Crippen LogP contribution in [0.3, 0.4) is 0 Å². The number of halogens is 1. The van der Waals surface area contributed by atoms with Crippen molar-refractivity contribution in [2.24, 2.45) is 0 Å². The number of fused-ring (bicyclic) bond motifs is 1. The molecule has 1 aromatic heterocycles. The summed E-state index contributed by atoms with van der Waals surface area (Å²) in [5.74, 6) is -0.754. The van der Waals surface area contributed by atoms with Gasteiger partial charge >= 0.3 is 0 Å². The minimum atomic E-state index is -0.499. The van der Waals surface area contributed by atoms with E-state index in [1.807, 2.05) is 0 Å². The Bertz CT molecular complexity index is 1110. The van der Waals surface area contributed by atoms with Crippen LogP contribution in [-0.4, -0.2) is 89.7 Å². The number of piperazine rings is 1. The number of nitrogens with one attached hydrogen (secondary N) is 2. The topological polar surface area (TPSA) is 84.6 Å². The van der Waals surface area contributed by atoms with Crippen LogP contribution in [0.2, 0.25) is 0 Å². The van der Waals surface area contributed by atoms with Crippen molar-refractivity contribution in [3.63, 3.8) is 0 Å². The maximum Gasteiger partial charge on any atom is 0.269 e. The van der Waals surface area contributed by atoms with Gasteiger partial charge in [0.1, 0.15) is 5.82 Å². The van der Waals surface area contributed by atoms with E-state index in [2.05, 4.69) is 25.3 Å². The van der Waals surface area contributed by atoms with Crippen LogP contribution in [0.1, 0.15) is 52.9 Å². The molecule has 0 saturated carbocycles. The molecule has 2 fully saturated rings. The van der Waals surface area contributed by atoms with Crippen LogP contribution in [-0.2, 0) is 12.8 Å². The van der Waals surface area contributed by atoms with Crippen molar-refractivity contribution in [1.29, 1.82) is 0 Å². The predicted molar refractivity (Wildman–Crippen MR) is 134 cm³/mol. The van der Waals surface area contributed by atoms with Crippen molar-refractivity contribution in [1.82, 2.24) is 24.9 Å². The van der Waals surface area contributed by atoms with E-state index < -0.39 is 5.82 Å². The quantitative estimate of drug-likeness (QED) is 0.656. The molecular formula is C26H35FN6O2. The van der Waals surface area contributed by atoms with Crippen molar-refractivity contribution in [2.45, 2.75) is 38.5 Å². The van der Waals surface area contributed by atoms with Crippen molar-refractivity contribution >= 4 is 11.6 Å². The molecule has 0 aliphatic carbocycles. The summed E-state index contributed by atoms with van der Waals surface area (Å²) in [5.41, 5.74) is 2.95. The summed E-state index contributed by atoms with van der Waals surface area (Å²) in [6.07, 6.45) is 5.96. The minimum Gasteiger partial charge on any atom is -0.383 e. The van der Waals surface area contributed by atoms with Crippen LogP contribution in [0, 0.1) is 5.82 Å². The number of anilines is 1. The average molecular weight is 483 g/mol. The number of piperidine rings is 1. The van der Waals surface area contributed by atoms with Gasteiger partial charge in [0.15, 0.2) is 0 Å². The molecule has 0 unspecified atom stereocenters. The van der Waals surface area contributed by atoms with Gasteiger partial charge in [-0.25, -0.2) is 9.49 Å². The summed E-state index contributed by atoms with van der Waals surface area (Å²) in [6, 6.07) is 4.69. The van der Waals surface area contributed by atoms with E-state index in [0.717, 1.165) is 56.0 Å². The Hall–Kier alpha value is -2.78. The number of hydrogen-bond donors (Lipinski definition) is 2. The first-order chi connectivity index (χ1) is 17.1. The van der Waals surface area contributed by atoms with Gasteiger partial charge in [0.2, 0.25) is 0 Å². The lowest BCUT2D eigenvalue weighted by Crippen LogP contribution is -2.50. The lowest BCUT2D eigenvalue weighted by molar-refractivity contribution is 0.0614. The lowest BCUT2D eigenvalue weighted by Gasteiger charge is -2.36. The summed E-state index contributed by atoms with van der Waals surface area (Å²) in [6.45, 7) is 8.16. The van der Waals surface area contributed by atoms with Crippen molar-refractivity contribution in [2.75, 3.05) is 64.2 Å². The average Bonchev–Trinajstić information content (AvgIpc) is 2.91. The molecule has 2 N–H and O–H groups in total. The highest BCUT2D eigenvalue weighted by Crippen LogP contribution is 2.24. The number of benzene rings is 1. The van der Waals surface area contributed by atoms with Gasteiger partial charge in [-0.05, 0) is 56.5 Å². The normalized spacial score (nSPS) is 19.3. The summed E-state index contributed by atoms with van der Waals surface area (Å²) in [4.78, 5) is 32.0. The van der Waals surface area contributed by atoms with Crippen LogP contribution in [0.4, 0.5) is 10.1 Å². The number of rotatable bonds is 6. The van der Waals surface area contributed by atoms with E-state index in [1.165, 1.54) is 38.4 Å². The monoisotopic (exact) mass is 482 g/mol. The first kappa shape index (κ1) is 23.9.